The lowest BCUT2D eigenvalue weighted by Gasteiger charge is -2.37. The number of H-pyrrole nitrogens is 1. The second kappa shape index (κ2) is 5.26. The maximum Gasteiger partial charge on any atom is 0.292 e. The van der Waals surface area contributed by atoms with Crippen molar-refractivity contribution in [3.05, 3.63) is 55.0 Å². The number of nitrogens with one attached hydrogen (secondary N) is 1. The molecular weight excluding hydrogens is 322 g/mol. The minimum absolute atomic E-state index is 0.168. The van der Waals surface area contributed by atoms with Gasteiger partial charge in [-0.05, 0) is 6.07 Å². The number of aromatic nitrogens is 6. The Morgan fingerprint density at radius 1 is 1.24 bits per heavy atom. The molecule has 0 spiro atoms. The second-order valence-corrected chi connectivity index (χ2v) is 5.74. The van der Waals surface area contributed by atoms with Gasteiger partial charge in [0, 0.05) is 29.4 Å². The smallest absolute Gasteiger partial charge is 0.292 e. The number of hydrogen-bond acceptors (Lipinski definition) is 6. The van der Waals surface area contributed by atoms with Gasteiger partial charge in [-0.1, -0.05) is 5.16 Å². The Bertz CT molecular complexity index is 1040. The Morgan fingerprint density at radius 3 is 3.00 bits per heavy atom. The monoisotopic (exact) mass is 334 g/mol. The minimum atomic E-state index is -0.168. The molecule has 0 bridgehead atoms. The quantitative estimate of drug-likeness (QED) is 0.606. The topological polar surface area (TPSA) is 106 Å². The Hall–Kier alpha value is -3.49. The van der Waals surface area contributed by atoms with Crippen LogP contribution in [0.5, 0.6) is 0 Å². The van der Waals surface area contributed by atoms with E-state index in [0.717, 1.165) is 28.3 Å². The summed E-state index contributed by atoms with van der Waals surface area (Å²) in [5.74, 6) is 0.0782. The van der Waals surface area contributed by atoms with Crippen molar-refractivity contribution in [2.75, 3.05) is 13.1 Å². The molecule has 5 rings (SSSR count). The third kappa shape index (κ3) is 2.20. The van der Waals surface area contributed by atoms with E-state index < -0.39 is 0 Å². The van der Waals surface area contributed by atoms with Crippen LogP contribution >= 0.6 is 0 Å². The molecule has 4 aromatic rings. The van der Waals surface area contributed by atoms with Crippen molar-refractivity contribution in [3.8, 4) is 11.3 Å². The van der Waals surface area contributed by atoms with E-state index in [2.05, 4.69) is 25.2 Å². The highest BCUT2D eigenvalue weighted by molar-refractivity contribution is 5.92. The number of carbonyl (C=O) groups excluding carboxylic acids is 1. The summed E-state index contributed by atoms with van der Waals surface area (Å²) in [6, 6.07) is 4.53. The van der Waals surface area contributed by atoms with Gasteiger partial charge < -0.3 is 14.4 Å². The highest BCUT2D eigenvalue weighted by Gasteiger charge is 2.35. The molecule has 1 amide bonds. The van der Waals surface area contributed by atoms with Gasteiger partial charge in [0.1, 0.15) is 18.0 Å². The first kappa shape index (κ1) is 13.9. The van der Waals surface area contributed by atoms with E-state index in [1.165, 1.54) is 12.5 Å². The largest absolute Gasteiger partial charge is 0.351 e. The van der Waals surface area contributed by atoms with Gasteiger partial charge in [-0.3, -0.25) is 9.48 Å². The standard InChI is InChI=1S/C16H12N7O2/c24-16(13-2-4-21-25-13)22-7-11(8-22)23-6-10(5-20-23)14-12-1-3-17-15(12)19-9-18-14/h1-6,9H,7-8H2,(H,17,18,19). The lowest BCUT2D eigenvalue weighted by Crippen LogP contribution is -2.51. The van der Waals surface area contributed by atoms with Gasteiger partial charge in [0.15, 0.2) is 0 Å². The molecule has 1 N–H and O–H groups in total. The predicted octanol–water partition coefficient (Wildman–Crippen LogP) is 1.35. The van der Waals surface area contributed by atoms with Crippen LogP contribution in [-0.2, 0) is 0 Å². The summed E-state index contributed by atoms with van der Waals surface area (Å²) >= 11 is 0. The molecule has 9 nitrogen and oxygen atoms in total. The third-order valence-electron chi connectivity index (χ3n) is 4.22. The summed E-state index contributed by atoms with van der Waals surface area (Å²) in [5.41, 5.74) is 2.52. The Balaban J connectivity index is 1.35. The number of carbonyl (C=O) groups is 1. The summed E-state index contributed by atoms with van der Waals surface area (Å²) in [6.07, 6.45) is 8.50. The Labute approximate surface area is 141 Å². The van der Waals surface area contributed by atoms with Gasteiger partial charge in [0.25, 0.3) is 5.91 Å². The van der Waals surface area contributed by atoms with Gasteiger partial charge in [0.05, 0.1) is 31.2 Å². The first-order chi connectivity index (χ1) is 12.3. The van der Waals surface area contributed by atoms with Crippen LogP contribution in [-0.4, -0.2) is 53.8 Å². The number of nitrogens with zero attached hydrogens (tertiary/aromatic N) is 6. The van der Waals surface area contributed by atoms with Crippen molar-refractivity contribution in [1.82, 2.24) is 34.8 Å². The SMILES string of the molecule is O=C(c1ccno1)N1C[C](n2cc(-c3ncnc4[nH]ccc34)cn2)C1. The van der Waals surface area contributed by atoms with Crippen LogP contribution in [0.4, 0.5) is 0 Å². The van der Waals surface area contributed by atoms with Crippen LogP contribution in [0.25, 0.3) is 22.3 Å². The third-order valence-corrected chi connectivity index (χ3v) is 4.22. The van der Waals surface area contributed by atoms with E-state index in [1.807, 2.05) is 18.5 Å². The van der Waals surface area contributed by atoms with Crippen LogP contribution in [0.3, 0.4) is 0 Å². The molecule has 0 aromatic carbocycles. The van der Waals surface area contributed by atoms with Gasteiger partial charge >= 0.3 is 0 Å². The molecule has 0 atom stereocenters. The molecule has 5 heterocycles. The number of aromatic amines is 1. The first-order valence-corrected chi connectivity index (χ1v) is 7.68. The fraction of sp³-hybridized carbons (Fsp3) is 0.125. The molecule has 4 aromatic heterocycles. The van der Waals surface area contributed by atoms with E-state index in [9.17, 15) is 4.79 Å². The van der Waals surface area contributed by atoms with Crippen molar-refractivity contribution in [1.29, 1.82) is 0 Å². The molecule has 1 aliphatic heterocycles. The zero-order chi connectivity index (χ0) is 16.8. The van der Waals surface area contributed by atoms with E-state index in [0.29, 0.717) is 13.1 Å². The molecular formula is C16H12N7O2. The average Bonchev–Trinajstić information content (AvgIpc) is 3.33. The molecule has 123 valence electrons. The predicted molar refractivity (Wildman–Crippen MR) is 86.2 cm³/mol. The van der Waals surface area contributed by atoms with Gasteiger partial charge in [-0.25, -0.2) is 9.97 Å². The van der Waals surface area contributed by atoms with Crippen molar-refractivity contribution >= 4 is 16.9 Å². The van der Waals surface area contributed by atoms with E-state index in [4.69, 9.17) is 4.52 Å². The molecule has 1 saturated heterocycles. The number of hydrogen-bond donors (Lipinski definition) is 1. The van der Waals surface area contributed by atoms with E-state index >= 15 is 0 Å². The summed E-state index contributed by atoms with van der Waals surface area (Å²) in [4.78, 5) is 25.4. The number of amides is 1. The van der Waals surface area contributed by atoms with E-state index in [1.54, 1.807) is 21.8 Å². The average molecular weight is 334 g/mol. The lowest BCUT2D eigenvalue weighted by molar-refractivity contribution is 0.0624. The molecule has 0 saturated carbocycles. The first-order valence-electron chi connectivity index (χ1n) is 7.68. The lowest BCUT2D eigenvalue weighted by atomic mass is 10.1. The normalized spacial score (nSPS) is 14.8. The molecule has 0 aliphatic carbocycles. The van der Waals surface area contributed by atoms with Crippen molar-refractivity contribution in [2.45, 2.75) is 0 Å². The Kier molecular flexibility index (Phi) is 2.93. The van der Waals surface area contributed by atoms with E-state index in [-0.39, 0.29) is 11.7 Å². The zero-order valence-electron chi connectivity index (χ0n) is 13.0. The van der Waals surface area contributed by atoms with Crippen molar-refractivity contribution in [2.24, 2.45) is 0 Å². The molecule has 1 fully saturated rings. The fourth-order valence-electron chi connectivity index (χ4n) is 2.89. The summed E-state index contributed by atoms with van der Waals surface area (Å²) in [7, 11) is 0. The second-order valence-electron chi connectivity index (χ2n) is 5.74. The highest BCUT2D eigenvalue weighted by atomic mass is 16.5. The maximum atomic E-state index is 12.1. The summed E-state index contributed by atoms with van der Waals surface area (Å²) in [5, 5.41) is 8.90. The molecule has 0 unspecified atom stereocenters. The summed E-state index contributed by atoms with van der Waals surface area (Å²) in [6.45, 7) is 1.01. The number of fused-ring (bicyclic) bond motifs is 1. The van der Waals surface area contributed by atoms with Crippen LogP contribution < -0.4 is 0 Å². The Morgan fingerprint density at radius 2 is 2.16 bits per heavy atom. The highest BCUT2D eigenvalue weighted by Crippen LogP contribution is 2.27. The molecule has 1 aliphatic rings. The molecule has 25 heavy (non-hydrogen) atoms. The van der Waals surface area contributed by atoms with Crippen molar-refractivity contribution in [3.63, 3.8) is 0 Å². The number of rotatable bonds is 3. The van der Waals surface area contributed by atoms with Crippen LogP contribution in [0.15, 0.2) is 47.8 Å². The van der Waals surface area contributed by atoms with Crippen LogP contribution in [0, 0.1) is 6.04 Å². The molecule has 9 heteroatoms. The zero-order valence-corrected chi connectivity index (χ0v) is 13.0. The van der Waals surface area contributed by atoms with Gasteiger partial charge in [-0.15, -0.1) is 0 Å². The fourth-order valence-corrected chi connectivity index (χ4v) is 2.89. The molecule has 1 radical (unpaired) electrons. The number of likely N-dealkylation sites (tertiary alicyclic amines) is 1. The van der Waals surface area contributed by atoms with Crippen LogP contribution in [0.1, 0.15) is 10.6 Å². The van der Waals surface area contributed by atoms with Gasteiger partial charge in [0.2, 0.25) is 5.76 Å². The van der Waals surface area contributed by atoms with Crippen LogP contribution in [0.2, 0.25) is 0 Å². The maximum absolute atomic E-state index is 12.1. The van der Waals surface area contributed by atoms with Crippen molar-refractivity contribution < 1.29 is 9.32 Å². The summed E-state index contributed by atoms with van der Waals surface area (Å²) < 4.78 is 6.69. The van der Waals surface area contributed by atoms with Gasteiger partial charge in [-0.2, -0.15) is 5.10 Å². The minimum Gasteiger partial charge on any atom is -0.351 e.